The second-order valence-corrected chi connectivity index (χ2v) is 8.88. The van der Waals surface area contributed by atoms with Gasteiger partial charge in [0.05, 0.1) is 10.6 Å². The molecule has 3 aromatic rings. The van der Waals surface area contributed by atoms with Gasteiger partial charge in [-0.1, -0.05) is 0 Å². The van der Waals surface area contributed by atoms with Gasteiger partial charge in [-0.3, -0.25) is 0 Å². The van der Waals surface area contributed by atoms with Crippen molar-refractivity contribution in [2.75, 3.05) is 24.7 Å². The number of benzene rings is 1. The summed E-state index contributed by atoms with van der Waals surface area (Å²) in [4.78, 5) is 5.01. The van der Waals surface area contributed by atoms with Gasteiger partial charge in [0.2, 0.25) is 0 Å². The Morgan fingerprint density at radius 1 is 1.30 bits per heavy atom. The van der Waals surface area contributed by atoms with Gasteiger partial charge in [-0.05, 0) is 49.1 Å². The Morgan fingerprint density at radius 2 is 2.07 bits per heavy atom. The maximum absolute atomic E-state index is 11.6. The third kappa shape index (κ3) is 3.70. The summed E-state index contributed by atoms with van der Waals surface area (Å²) in [6.07, 6.45) is 4.97. The molecule has 2 radical (unpaired) electrons. The molecule has 4 rings (SSSR count). The van der Waals surface area contributed by atoms with Crippen molar-refractivity contribution in [1.82, 2.24) is 19.9 Å². The zero-order chi connectivity index (χ0) is 19.0. The van der Waals surface area contributed by atoms with E-state index in [2.05, 4.69) is 15.7 Å². The molecule has 2 N–H and O–H groups in total. The molecule has 2 aromatic heterocycles. The summed E-state index contributed by atoms with van der Waals surface area (Å²) < 4.78 is 24.9. The molecule has 27 heavy (non-hydrogen) atoms. The molecule has 1 atom stereocenters. The zero-order valence-electron chi connectivity index (χ0n) is 15.0. The van der Waals surface area contributed by atoms with Gasteiger partial charge < -0.3 is 10.6 Å². The zero-order valence-corrected chi connectivity index (χ0v) is 15.8. The molecular formula is C18H20BN5O2S. The van der Waals surface area contributed by atoms with Crippen LogP contribution in [-0.2, 0) is 9.84 Å². The Bertz CT molecular complexity index is 1070. The fourth-order valence-electron chi connectivity index (χ4n) is 3.33. The van der Waals surface area contributed by atoms with Crippen LogP contribution in [0.2, 0.25) is 0 Å². The van der Waals surface area contributed by atoms with Crippen molar-refractivity contribution in [1.29, 1.82) is 0 Å². The van der Waals surface area contributed by atoms with Crippen LogP contribution in [-0.4, -0.2) is 50.2 Å². The highest BCUT2D eigenvalue weighted by atomic mass is 32.2. The maximum Gasteiger partial charge on any atom is 0.175 e. The molecule has 3 heterocycles. The minimum atomic E-state index is -3.22. The van der Waals surface area contributed by atoms with E-state index in [9.17, 15) is 8.42 Å². The van der Waals surface area contributed by atoms with Crippen LogP contribution in [0.15, 0.2) is 41.4 Å². The normalized spacial score (nSPS) is 17.9. The highest BCUT2D eigenvalue weighted by Crippen LogP contribution is 2.26. The van der Waals surface area contributed by atoms with Crippen LogP contribution in [0.3, 0.4) is 0 Å². The molecule has 7 nitrogen and oxygen atoms in total. The van der Waals surface area contributed by atoms with Crippen molar-refractivity contribution < 1.29 is 8.42 Å². The van der Waals surface area contributed by atoms with Crippen LogP contribution in [0, 0.1) is 0 Å². The van der Waals surface area contributed by atoms with E-state index in [1.807, 2.05) is 6.07 Å². The first-order valence-corrected chi connectivity index (χ1v) is 10.7. The number of sulfone groups is 1. The summed E-state index contributed by atoms with van der Waals surface area (Å²) in [5, 5.41) is 11.0. The fourth-order valence-corrected chi connectivity index (χ4v) is 3.96. The van der Waals surface area contributed by atoms with Gasteiger partial charge in [0.15, 0.2) is 15.5 Å². The number of nitrogens with zero attached hydrogens (tertiary/aromatic N) is 3. The largest absolute Gasteiger partial charge is 0.340 e. The Labute approximate surface area is 159 Å². The maximum atomic E-state index is 11.6. The van der Waals surface area contributed by atoms with Gasteiger partial charge in [0, 0.05) is 36.7 Å². The number of piperidine rings is 1. The SMILES string of the molecule is [B]c1cnn2c(Nc3ccc(S(C)(=O)=O)cc3)cc(C3CCCNC3)nc12. The van der Waals surface area contributed by atoms with Crippen LogP contribution in [0.1, 0.15) is 24.5 Å². The van der Waals surface area contributed by atoms with Crippen LogP contribution in [0.5, 0.6) is 0 Å². The number of aromatic nitrogens is 3. The molecule has 138 valence electrons. The van der Waals surface area contributed by atoms with Gasteiger partial charge in [-0.2, -0.15) is 9.61 Å². The highest BCUT2D eigenvalue weighted by molar-refractivity contribution is 7.90. The first-order chi connectivity index (χ1) is 12.9. The Balaban J connectivity index is 1.71. The number of hydrogen-bond acceptors (Lipinski definition) is 6. The first-order valence-electron chi connectivity index (χ1n) is 8.84. The number of anilines is 2. The van der Waals surface area contributed by atoms with Gasteiger partial charge in [0.25, 0.3) is 0 Å². The topological polar surface area (TPSA) is 88.4 Å². The lowest BCUT2D eigenvalue weighted by Gasteiger charge is -2.23. The van der Waals surface area contributed by atoms with E-state index in [0.29, 0.717) is 17.0 Å². The highest BCUT2D eigenvalue weighted by Gasteiger charge is 2.19. The quantitative estimate of drug-likeness (QED) is 0.659. The van der Waals surface area contributed by atoms with Crippen LogP contribution in [0.25, 0.3) is 5.65 Å². The summed E-state index contributed by atoms with van der Waals surface area (Å²) in [6, 6.07) is 8.62. The second-order valence-electron chi connectivity index (χ2n) is 6.87. The second kappa shape index (κ2) is 6.97. The van der Waals surface area contributed by atoms with E-state index >= 15 is 0 Å². The van der Waals surface area contributed by atoms with Crippen LogP contribution in [0.4, 0.5) is 11.5 Å². The fraction of sp³-hybridized carbons (Fsp3) is 0.333. The lowest BCUT2D eigenvalue weighted by atomic mass is 9.95. The van der Waals surface area contributed by atoms with E-state index in [1.54, 1.807) is 35.0 Å². The van der Waals surface area contributed by atoms with Crippen molar-refractivity contribution in [3.63, 3.8) is 0 Å². The summed E-state index contributed by atoms with van der Waals surface area (Å²) in [6.45, 7) is 1.92. The minimum absolute atomic E-state index is 0.283. The molecule has 1 saturated heterocycles. The molecule has 0 bridgehead atoms. The van der Waals surface area contributed by atoms with E-state index in [4.69, 9.17) is 12.8 Å². The number of nitrogens with one attached hydrogen (secondary N) is 2. The monoisotopic (exact) mass is 381 g/mol. The van der Waals surface area contributed by atoms with E-state index in [-0.39, 0.29) is 4.90 Å². The first kappa shape index (κ1) is 18.0. The molecule has 0 aliphatic carbocycles. The average molecular weight is 381 g/mol. The molecule has 9 heteroatoms. The van der Waals surface area contributed by atoms with Crippen LogP contribution < -0.4 is 16.1 Å². The number of fused-ring (bicyclic) bond motifs is 1. The van der Waals surface area contributed by atoms with E-state index < -0.39 is 9.84 Å². The standard InChI is InChI=1S/C18H20BN5O2S/c1-27(25,26)14-6-4-13(5-7-14)22-17-9-16(12-3-2-8-20-10-12)23-18-15(19)11-21-24(17)18/h4-7,9,11-12,20,22H,2-3,8,10H2,1H3. The summed E-state index contributed by atoms with van der Waals surface area (Å²) in [5.41, 5.74) is 2.87. The summed E-state index contributed by atoms with van der Waals surface area (Å²) >= 11 is 0. The molecule has 1 aromatic carbocycles. The lowest BCUT2D eigenvalue weighted by Crippen LogP contribution is -2.29. The van der Waals surface area contributed by atoms with Crippen molar-refractivity contribution in [2.24, 2.45) is 0 Å². The lowest BCUT2D eigenvalue weighted by molar-refractivity contribution is 0.455. The number of rotatable bonds is 4. The summed E-state index contributed by atoms with van der Waals surface area (Å²) in [5.74, 6) is 1.07. The average Bonchev–Trinajstić information content (AvgIpc) is 3.03. The molecule has 1 aliphatic heterocycles. The van der Waals surface area contributed by atoms with Crippen molar-refractivity contribution in [3.8, 4) is 0 Å². The molecule has 0 amide bonds. The Kier molecular flexibility index (Phi) is 4.65. The van der Waals surface area contributed by atoms with Crippen molar-refractivity contribution in [3.05, 3.63) is 42.2 Å². The van der Waals surface area contributed by atoms with E-state index in [1.165, 1.54) is 6.26 Å². The Morgan fingerprint density at radius 3 is 2.74 bits per heavy atom. The predicted octanol–water partition coefficient (Wildman–Crippen LogP) is 1.14. The molecule has 1 fully saturated rings. The molecule has 1 unspecified atom stereocenters. The van der Waals surface area contributed by atoms with Crippen LogP contribution >= 0.6 is 0 Å². The van der Waals surface area contributed by atoms with Gasteiger partial charge in [-0.25, -0.2) is 13.4 Å². The van der Waals surface area contributed by atoms with Gasteiger partial charge >= 0.3 is 0 Å². The third-order valence-electron chi connectivity index (χ3n) is 4.79. The molecule has 0 saturated carbocycles. The van der Waals surface area contributed by atoms with Crippen molar-refractivity contribution in [2.45, 2.75) is 23.7 Å². The molecule has 1 aliphatic rings. The minimum Gasteiger partial charge on any atom is -0.340 e. The van der Waals surface area contributed by atoms with Crippen molar-refractivity contribution >= 4 is 40.3 Å². The predicted molar refractivity (Wildman–Crippen MR) is 106 cm³/mol. The Hall–Kier alpha value is -2.39. The molecular weight excluding hydrogens is 361 g/mol. The van der Waals surface area contributed by atoms with Gasteiger partial charge in [0.1, 0.15) is 13.7 Å². The smallest absolute Gasteiger partial charge is 0.175 e. The van der Waals surface area contributed by atoms with Gasteiger partial charge in [-0.15, -0.1) is 0 Å². The summed E-state index contributed by atoms with van der Waals surface area (Å²) in [7, 11) is 2.82. The molecule has 0 spiro atoms. The third-order valence-corrected chi connectivity index (χ3v) is 5.92. The number of hydrogen-bond donors (Lipinski definition) is 2. The van der Waals surface area contributed by atoms with E-state index in [0.717, 1.165) is 43.1 Å².